The predicted molar refractivity (Wildman–Crippen MR) is 74.2 cm³/mol. The third-order valence-corrected chi connectivity index (χ3v) is 3.24. The van der Waals surface area contributed by atoms with E-state index < -0.39 is 0 Å². The zero-order valence-electron chi connectivity index (χ0n) is 11.3. The molecule has 1 rings (SSSR count). The second-order valence-electron chi connectivity index (χ2n) is 4.82. The molecule has 0 aliphatic rings. The van der Waals surface area contributed by atoms with E-state index in [0.29, 0.717) is 12.0 Å². The summed E-state index contributed by atoms with van der Waals surface area (Å²) in [6.07, 6.45) is 4.98. The molecule has 0 bridgehead atoms. The van der Waals surface area contributed by atoms with Crippen LogP contribution in [0, 0.1) is 5.92 Å². The lowest BCUT2D eigenvalue weighted by atomic mass is 10.2. The van der Waals surface area contributed by atoms with Gasteiger partial charge in [-0.25, -0.2) is 9.67 Å². The number of rotatable bonds is 8. The highest BCUT2D eigenvalue weighted by Gasteiger charge is 2.07. The first-order valence-corrected chi connectivity index (χ1v) is 7.61. The molecule has 0 saturated heterocycles. The van der Waals surface area contributed by atoms with Gasteiger partial charge in [0.25, 0.3) is 0 Å². The summed E-state index contributed by atoms with van der Waals surface area (Å²) in [5, 5.41) is 7.75. The van der Waals surface area contributed by atoms with Crippen LogP contribution in [0.25, 0.3) is 0 Å². The maximum atomic E-state index is 4.31. The summed E-state index contributed by atoms with van der Waals surface area (Å²) >= 11 is 1.89. The molecule has 17 heavy (non-hydrogen) atoms. The minimum atomic E-state index is 0.534. The van der Waals surface area contributed by atoms with E-state index in [4.69, 9.17) is 0 Å². The third-order valence-electron chi connectivity index (χ3n) is 2.60. The first-order valence-electron chi connectivity index (χ1n) is 6.22. The van der Waals surface area contributed by atoms with Crippen molar-refractivity contribution in [2.24, 2.45) is 5.92 Å². The number of aromatic nitrogens is 3. The van der Waals surface area contributed by atoms with Gasteiger partial charge in [0.05, 0.1) is 6.54 Å². The molecule has 4 nitrogen and oxygen atoms in total. The van der Waals surface area contributed by atoms with Crippen molar-refractivity contribution >= 4 is 11.8 Å². The highest BCUT2D eigenvalue weighted by Crippen LogP contribution is 2.03. The quantitative estimate of drug-likeness (QED) is 0.774. The van der Waals surface area contributed by atoms with Crippen LogP contribution in [0.2, 0.25) is 0 Å². The Balaban J connectivity index is 2.38. The average Bonchev–Trinajstić information content (AvgIpc) is 2.70. The summed E-state index contributed by atoms with van der Waals surface area (Å²) in [7, 11) is 0. The van der Waals surface area contributed by atoms with Crippen molar-refractivity contribution in [2.75, 3.05) is 12.0 Å². The molecule has 0 fully saturated rings. The highest BCUT2D eigenvalue weighted by molar-refractivity contribution is 7.98. The standard InChI is InChI=1S/C12H24N4S/c1-10(2)8-16-12(14-9-15-16)7-13-11(3)5-6-17-4/h9-11,13H,5-8H2,1-4H3. The van der Waals surface area contributed by atoms with Crippen molar-refractivity contribution in [3.8, 4) is 0 Å². The first kappa shape index (κ1) is 14.5. The van der Waals surface area contributed by atoms with Crippen LogP contribution in [-0.2, 0) is 13.1 Å². The lowest BCUT2D eigenvalue weighted by molar-refractivity contribution is 0.445. The Kier molecular flexibility index (Phi) is 6.58. The van der Waals surface area contributed by atoms with E-state index in [1.807, 2.05) is 16.4 Å². The van der Waals surface area contributed by atoms with Crippen LogP contribution < -0.4 is 5.32 Å². The zero-order chi connectivity index (χ0) is 12.7. The number of nitrogens with one attached hydrogen (secondary N) is 1. The Morgan fingerprint density at radius 2 is 2.18 bits per heavy atom. The van der Waals surface area contributed by atoms with E-state index in [1.54, 1.807) is 6.33 Å². The lowest BCUT2D eigenvalue weighted by Crippen LogP contribution is -2.28. The van der Waals surface area contributed by atoms with Crippen molar-refractivity contribution in [3.63, 3.8) is 0 Å². The molecule has 0 spiro atoms. The molecule has 5 heteroatoms. The van der Waals surface area contributed by atoms with Gasteiger partial charge < -0.3 is 5.32 Å². The average molecular weight is 256 g/mol. The molecule has 1 unspecified atom stereocenters. The smallest absolute Gasteiger partial charge is 0.140 e. The Bertz CT molecular complexity index is 311. The molecule has 1 heterocycles. The topological polar surface area (TPSA) is 42.7 Å². The van der Waals surface area contributed by atoms with Gasteiger partial charge in [0.2, 0.25) is 0 Å². The molecule has 0 amide bonds. The zero-order valence-corrected chi connectivity index (χ0v) is 12.1. The number of nitrogens with zero attached hydrogens (tertiary/aromatic N) is 3. The maximum absolute atomic E-state index is 4.31. The van der Waals surface area contributed by atoms with Crippen LogP contribution in [0.1, 0.15) is 33.0 Å². The highest BCUT2D eigenvalue weighted by atomic mass is 32.2. The molecular formula is C12H24N4S. The van der Waals surface area contributed by atoms with Gasteiger partial charge in [0.15, 0.2) is 0 Å². The normalized spacial score (nSPS) is 13.2. The fourth-order valence-corrected chi connectivity index (χ4v) is 2.17. The van der Waals surface area contributed by atoms with Gasteiger partial charge in [-0.2, -0.15) is 16.9 Å². The molecule has 0 radical (unpaired) electrons. The van der Waals surface area contributed by atoms with Gasteiger partial charge in [-0.15, -0.1) is 0 Å². The van der Waals surface area contributed by atoms with Gasteiger partial charge >= 0.3 is 0 Å². The van der Waals surface area contributed by atoms with Gasteiger partial charge in [-0.3, -0.25) is 0 Å². The summed E-state index contributed by atoms with van der Waals surface area (Å²) in [5.74, 6) is 2.84. The van der Waals surface area contributed by atoms with Crippen molar-refractivity contribution < 1.29 is 0 Å². The van der Waals surface area contributed by atoms with Gasteiger partial charge in [-0.05, 0) is 31.3 Å². The minimum Gasteiger partial charge on any atom is -0.307 e. The second-order valence-corrected chi connectivity index (χ2v) is 5.80. The molecule has 0 saturated carbocycles. The summed E-state index contributed by atoms with van der Waals surface area (Å²) in [6, 6.07) is 0.534. The Morgan fingerprint density at radius 3 is 2.82 bits per heavy atom. The van der Waals surface area contributed by atoms with Crippen LogP contribution in [0.3, 0.4) is 0 Å². The molecule has 0 aromatic carbocycles. The molecule has 0 aliphatic heterocycles. The Morgan fingerprint density at radius 1 is 1.41 bits per heavy atom. The molecule has 1 aromatic rings. The van der Waals surface area contributed by atoms with Gasteiger partial charge in [0.1, 0.15) is 12.2 Å². The van der Waals surface area contributed by atoms with Gasteiger partial charge in [-0.1, -0.05) is 13.8 Å². The molecular weight excluding hydrogens is 232 g/mol. The SMILES string of the molecule is CSCCC(C)NCc1ncnn1CC(C)C. The summed E-state index contributed by atoms with van der Waals surface area (Å²) < 4.78 is 2.00. The van der Waals surface area contributed by atoms with E-state index in [-0.39, 0.29) is 0 Å². The Hall–Kier alpha value is -0.550. The molecule has 1 N–H and O–H groups in total. The monoisotopic (exact) mass is 256 g/mol. The first-order chi connectivity index (χ1) is 8.13. The van der Waals surface area contributed by atoms with E-state index in [0.717, 1.165) is 18.9 Å². The number of hydrogen-bond acceptors (Lipinski definition) is 4. The largest absolute Gasteiger partial charge is 0.307 e. The molecule has 1 atom stereocenters. The molecule has 0 aliphatic carbocycles. The molecule has 1 aromatic heterocycles. The van der Waals surface area contributed by atoms with E-state index in [1.165, 1.54) is 12.2 Å². The predicted octanol–water partition coefficient (Wildman–Crippen LogP) is 2.17. The number of thioether (sulfide) groups is 1. The number of hydrogen-bond donors (Lipinski definition) is 1. The van der Waals surface area contributed by atoms with Crippen molar-refractivity contribution in [1.29, 1.82) is 0 Å². The van der Waals surface area contributed by atoms with Crippen LogP contribution in [0.4, 0.5) is 0 Å². The van der Waals surface area contributed by atoms with Crippen LogP contribution in [-0.4, -0.2) is 32.8 Å². The fraction of sp³-hybridized carbons (Fsp3) is 0.833. The summed E-state index contributed by atoms with van der Waals surface area (Å²) in [6.45, 7) is 8.36. The fourth-order valence-electron chi connectivity index (χ4n) is 1.59. The van der Waals surface area contributed by atoms with Crippen molar-refractivity contribution in [1.82, 2.24) is 20.1 Å². The maximum Gasteiger partial charge on any atom is 0.140 e. The van der Waals surface area contributed by atoms with Crippen LogP contribution in [0.15, 0.2) is 6.33 Å². The molecule has 98 valence electrons. The van der Waals surface area contributed by atoms with E-state index >= 15 is 0 Å². The van der Waals surface area contributed by atoms with Crippen molar-refractivity contribution in [3.05, 3.63) is 12.2 Å². The second kappa shape index (κ2) is 7.71. The summed E-state index contributed by atoms with van der Waals surface area (Å²) in [5.41, 5.74) is 0. The minimum absolute atomic E-state index is 0.534. The van der Waals surface area contributed by atoms with E-state index in [2.05, 4.69) is 42.4 Å². The third kappa shape index (κ3) is 5.55. The lowest BCUT2D eigenvalue weighted by Gasteiger charge is -2.14. The Labute approximate surface area is 109 Å². The van der Waals surface area contributed by atoms with E-state index in [9.17, 15) is 0 Å². The van der Waals surface area contributed by atoms with Gasteiger partial charge in [0, 0.05) is 12.6 Å². The van der Waals surface area contributed by atoms with Crippen LogP contribution in [0.5, 0.6) is 0 Å². The van der Waals surface area contributed by atoms with Crippen LogP contribution >= 0.6 is 11.8 Å². The van der Waals surface area contributed by atoms with Crippen molar-refractivity contribution in [2.45, 2.75) is 46.3 Å². The summed E-state index contributed by atoms with van der Waals surface area (Å²) in [4.78, 5) is 4.31.